The van der Waals surface area contributed by atoms with E-state index >= 15 is 0 Å². The van der Waals surface area contributed by atoms with E-state index in [9.17, 15) is 35.5 Å². The van der Waals surface area contributed by atoms with E-state index in [1.165, 1.54) is 24.3 Å². The standard InChI is InChI=1S/C23H18F4N4O3.C2HF3O2/c1-30-11-15(10-28-30)12-31-13-20(27)22(29-23(31)32)33-7-6-14-2-5-21(19(26)8-14)34-16-3-4-17(24)18(25)9-16;3-2(4,5)1(6)7/h2-5,8-11,13H,6-7,12H2,1H3;(H,6,7). The summed E-state index contributed by atoms with van der Waals surface area (Å²) in [5.41, 5.74) is 0.518. The molecule has 0 aliphatic heterocycles. The van der Waals surface area contributed by atoms with E-state index in [1.54, 1.807) is 24.1 Å². The Morgan fingerprint density at radius 2 is 1.66 bits per heavy atom. The van der Waals surface area contributed by atoms with Crippen molar-refractivity contribution in [1.82, 2.24) is 19.3 Å². The highest BCUT2D eigenvalue weighted by atomic mass is 19.4. The smallest absolute Gasteiger partial charge is 0.475 e. The van der Waals surface area contributed by atoms with Gasteiger partial charge in [0.05, 0.1) is 25.5 Å². The van der Waals surface area contributed by atoms with Crippen molar-refractivity contribution in [3.8, 4) is 17.4 Å². The number of aryl methyl sites for hydroxylation is 1. The zero-order valence-electron chi connectivity index (χ0n) is 20.8. The summed E-state index contributed by atoms with van der Waals surface area (Å²) in [6.07, 6.45) is -0.645. The molecular formula is C25H19F7N4O5. The molecule has 0 saturated heterocycles. The molecule has 0 aliphatic carbocycles. The van der Waals surface area contributed by atoms with Crippen LogP contribution in [0.3, 0.4) is 0 Å². The summed E-state index contributed by atoms with van der Waals surface area (Å²) in [7, 11) is 1.72. The molecule has 4 rings (SSSR count). The van der Waals surface area contributed by atoms with Crippen LogP contribution in [-0.2, 0) is 24.8 Å². The lowest BCUT2D eigenvalue weighted by Gasteiger charge is -2.10. The van der Waals surface area contributed by atoms with E-state index in [2.05, 4.69) is 10.1 Å². The van der Waals surface area contributed by atoms with Crippen molar-refractivity contribution < 1.29 is 50.1 Å². The van der Waals surface area contributed by atoms with E-state index in [0.717, 1.165) is 22.9 Å². The fraction of sp³-hybridized carbons (Fsp3) is 0.200. The first-order valence-corrected chi connectivity index (χ1v) is 11.3. The van der Waals surface area contributed by atoms with Crippen molar-refractivity contribution in [2.24, 2.45) is 7.05 Å². The summed E-state index contributed by atoms with van der Waals surface area (Å²) in [6.45, 7) is 0.0356. The zero-order valence-corrected chi connectivity index (χ0v) is 20.8. The lowest BCUT2D eigenvalue weighted by Crippen LogP contribution is -2.24. The van der Waals surface area contributed by atoms with Gasteiger partial charge in [-0.1, -0.05) is 6.07 Å². The summed E-state index contributed by atoms with van der Waals surface area (Å²) >= 11 is 0. The average Bonchev–Trinajstić information content (AvgIpc) is 3.30. The summed E-state index contributed by atoms with van der Waals surface area (Å²) in [4.78, 5) is 24.7. The van der Waals surface area contributed by atoms with Crippen molar-refractivity contribution in [2.45, 2.75) is 19.1 Å². The van der Waals surface area contributed by atoms with Crippen LogP contribution < -0.4 is 15.2 Å². The molecular weight excluding hydrogens is 569 g/mol. The molecule has 0 unspecified atom stereocenters. The summed E-state index contributed by atoms with van der Waals surface area (Å²) < 4.78 is 99.9. The highest BCUT2D eigenvalue weighted by molar-refractivity contribution is 5.73. The van der Waals surface area contributed by atoms with Crippen molar-refractivity contribution in [1.29, 1.82) is 0 Å². The third kappa shape index (κ3) is 8.81. The van der Waals surface area contributed by atoms with Crippen LogP contribution in [0.4, 0.5) is 30.7 Å². The molecule has 9 nitrogen and oxygen atoms in total. The first-order chi connectivity index (χ1) is 19.2. The highest BCUT2D eigenvalue weighted by Gasteiger charge is 2.38. The van der Waals surface area contributed by atoms with E-state index in [4.69, 9.17) is 19.4 Å². The molecule has 0 atom stereocenters. The maximum absolute atomic E-state index is 14.4. The van der Waals surface area contributed by atoms with Crippen LogP contribution in [0.2, 0.25) is 0 Å². The lowest BCUT2D eigenvalue weighted by atomic mass is 10.1. The topological polar surface area (TPSA) is 108 Å². The molecule has 0 spiro atoms. The molecule has 0 saturated carbocycles. The second kappa shape index (κ2) is 13.0. The number of carbonyl (C=O) groups is 1. The third-order valence-corrected chi connectivity index (χ3v) is 5.01. The maximum Gasteiger partial charge on any atom is 0.490 e. The number of aromatic nitrogens is 4. The minimum atomic E-state index is -5.08. The van der Waals surface area contributed by atoms with Gasteiger partial charge in [0, 0.05) is 31.3 Å². The van der Waals surface area contributed by atoms with Gasteiger partial charge in [-0.2, -0.15) is 27.6 Å². The number of carboxylic acid groups (broad SMARTS) is 1. The van der Waals surface area contributed by atoms with E-state index in [0.29, 0.717) is 11.1 Å². The average molecular weight is 588 g/mol. The van der Waals surface area contributed by atoms with Gasteiger partial charge in [0.25, 0.3) is 5.88 Å². The maximum atomic E-state index is 14.4. The van der Waals surface area contributed by atoms with Gasteiger partial charge in [0.2, 0.25) is 5.82 Å². The number of aliphatic carboxylic acids is 1. The second-order valence-electron chi connectivity index (χ2n) is 8.17. The van der Waals surface area contributed by atoms with E-state index < -0.39 is 47.0 Å². The number of ether oxygens (including phenoxy) is 2. The zero-order chi connectivity index (χ0) is 30.3. The number of halogens is 7. The quantitative estimate of drug-likeness (QED) is 0.299. The fourth-order valence-electron chi connectivity index (χ4n) is 3.13. The largest absolute Gasteiger partial charge is 0.490 e. The Morgan fingerprint density at radius 1 is 0.951 bits per heavy atom. The Balaban J connectivity index is 0.000000587. The molecule has 0 radical (unpaired) electrons. The number of carboxylic acids is 1. The van der Waals surface area contributed by atoms with Gasteiger partial charge in [-0.25, -0.2) is 22.8 Å². The van der Waals surface area contributed by atoms with Crippen LogP contribution in [0.5, 0.6) is 17.4 Å². The third-order valence-electron chi connectivity index (χ3n) is 5.01. The minimum absolute atomic E-state index is 0.0614. The summed E-state index contributed by atoms with van der Waals surface area (Å²) in [5.74, 6) is -7.15. The van der Waals surface area contributed by atoms with Gasteiger partial charge in [-0.15, -0.1) is 0 Å². The molecule has 2 heterocycles. The summed E-state index contributed by atoms with van der Waals surface area (Å²) in [6, 6.07) is 6.89. The normalized spacial score (nSPS) is 11.0. The number of nitrogens with zero attached hydrogens (tertiary/aromatic N) is 4. The Kier molecular flexibility index (Phi) is 9.70. The van der Waals surface area contributed by atoms with Gasteiger partial charge >= 0.3 is 17.8 Å². The van der Waals surface area contributed by atoms with Crippen molar-refractivity contribution in [3.05, 3.63) is 99.9 Å². The van der Waals surface area contributed by atoms with Gasteiger partial charge < -0.3 is 14.6 Å². The number of hydrogen-bond donors (Lipinski definition) is 1. The molecule has 0 aliphatic rings. The number of rotatable bonds is 8. The molecule has 0 fully saturated rings. The Bertz CT molecular complexity index is 1590. The summed E-state index contributed by atoms with van der Waals surface area (Å²) in [5, 5.41) is 11.1. The highest BCUT2D eigenvalue weighted by Crippen LogP contribution is 2.26. The molecule has 2 aromatic heterocycles. The van der Waals surface area contributed by atoms with E-state index in [-0.39, 0.29) is 31.1 Å². The fourth-order valence-corrected chi connectivity index (χ4v) is 3.13. The van der Waals surface area contributed by atoms with Gasteiger partial charge in [-0.3, -0.25) is 9.25 Å². The minimum Gasteiger partial charge on any atom is -0.475 e. The van der Waals surface area contributed by atoms with Crippen molar-refractivity contribution in [2.75, 3.05) is 6.61 Å². The molecule has 218 valence electrons. The molecule has 0 amide bonds. The second-order valence-corrected chi connectivity index (χ2v) is 8.17. The molecule has 2 aromatic carbocycles. The number of benzene rings is 2. The predicted molar refractivity (Wildman–Crippen MR) is 126 cm³/mol. The molecule has 4 aromatic rings. The van der Waals surface area contributed by atoms with Crippen LogP contribution in [0.1, 0.15) is 11.1 Å². The van der Waals surface area contributed by atoms with Crippen LogP contribution in [0.25, 0.3) is 0 Å². The van der Waals surface area contributed by atoms with E-state index in [1.807, 2.05) is 0 Å². The molecule has 0 bridgehead atoms. The first-order valence-electron chi connectivity index (χ1n) is 11.3. The van der Waals surface area contributed by atoms with Gasteiger partial charge in [0.1, 0.15) is 5.75 Å². The van der Waals surface area contributed by atoms with Gasteiger partial charge in [0.15, 0.2) is 23.2 Å². The van der Waals surface area contributed by atoms with Crippen LogP contribution in [-0.4, -0.2) is 43.2 Å². The van der Waals surface area contributed by atoms with Crippen molar-refractivity contribution >= 4 is 5.97 Å². The lowest BCUT2D eigenvalue weighted by molar-refractivity contribution is -0.192. The van der Waals surface area contributed by atoms with Crippen molar-refractivity contribution in [3.63, 3.8) is 0 Å². The molecule has 41 heavy (non-hydrogen) atoms. The number of hydrogen-bond acceptors (Lipinski definition) is 6. The Hall–Kier alpha value is -4.89. The van der Waals surface area contributed by atoms with Crippen LogP contribution in [0, 0.1) is 23.3 Å². The van der Waals surface area contributed by atoms with Crippen LogP contribution >= 0.6 is 0 Å². The first kappa shape index (κ1) is 30.6. The molecule has 16 heteroatoms. The monoisotopic (exact) mass is 588 g/mol. The molecule has 1 N–H and O–H groups in total. The SMILES string of the molecule is Cn1cc(Cn2cc(F)c(OCCc3ccc(Oc4ccc(F)c(F)c4)c(F)c3)nc2=O)cn1.O=C(O)C(F)(F)F. The Labute approximate surface area is 226 Å². The van der Waals surface area contributed by atoms with Gasteiger partial charge in [-0.05, 0) is 29.8 Å². The number of alkyl halides is 3. The Morgan fingerprint density at radius 3 is 2.24 bits per heavy atom. The van der Waals surface area contributed by atoms with Crippen LogP contribution in [0.15, 0.2) is 59.8 Å². The predicted octanol–water partition coefficient (Wildman–Crippen LogP) is 4.63.